The van der Waals surface area contributed by atoms with Crippen molar-refractivity contribution in [1.82, 2.24) is 24.8 Å². The average molecular weight is 420 g/mol. The normalized spacial score (nSPS) is 14.3. The van der Waals surface area contributed by atoms with Gasteiger partial charge in [0, 0.05) is 55.5 Å². The fourth-order valence-electron chi connectivity index (χ4n) is 3.60. The molecule has 0 unspecified atom stereocenters. The molecule has 1 aliphatic rings. The highest BCUT2D eigenvalue weighted by Gasteiger charge is 2.27. The molecular weight excluding hydrogens is 400 g/mol. The molecule has 3 aromatic rings. The highest BCUT2D eigenvalue weighted by atomic mass is 16.6. The van der Waals surface area contributed by atoms with Crippen molar-refractivity contribution >= 4 is 17.5 Å². The second kappa shape index (κ2) is 8.74. The molecule has 4 rings (SSSR count). The number of aromatic nitrogens is 3. The Morgan fingerprint density at radius 3 is 2.55 bits per heavy atom. The largest absolute Gasteiger partial charge is 0.349 e. The molecule has 10 nitrogen and oxygen atoms in total. The number of pyridine rings is 1. The lowest BCUT2D eigenvalue weighted by Gasteiger charge is -2.32. The summed E-state index contributed by atoms with van der Waals surface area (Å²) in [6, 6.07) is 7.78. The van der Waals surface area contributed by atoms with Crippen LogP contribution in [-0.4, -0.2) is 55.3 Å². The average Bonchev–Trinajstić information content (AvgIpc) is 3.34. The van der Waals surface area contributed by atoms with Crippen molar-refractivity contribution in [3.63, 3.8) is 0 Å². The Bertz CT molecular complexity index is 1090. The van der Waals surface area contributed by atoms with E-state index >= 15 is 0 Å². The molecule has 0 spiro atoms. The number of nitro groups is 1. The summed E-state index contributed by atoms with van der Waals surface area (Å²) in [6.07, 6.45) is 8.92. The molecule has 10 heteroatoms. The topological polar surface area (TPSA) is 123 Å². The lowest BCUT2D eigenvalue weighted by Crippen LogP contribution is -2.46. The van der Waals surface area contributed by atoms with E-state index in [-0.39, 0.29) is 29.1 Å². The van der Waals surface area contributed by atoms with Crippen molar-refractivity contribution in [3.05, 3.63) is 82.7 Å². The maximum absolute atomic E-state index is 12.9. The number of carbonyl (C=O) groups is 2. The Balaban J connectivity index is 1.41. The SMILES string of the molecule is O=C(NC1CCN(C(=O)c2ccc(-n3ccnc3)c([N+](=O)[O-])c2)CC1)c1cccnc1. The summed E-state index contributed by atoms with van der Waals surface area (Å²) in [5.41, 5.74) is 0.929. The minimum atomic E-state index is -0.508. The Morgan fingerprint density at radius 1 is 1.10 bits per heavy atom. The van der Waals surface area contributed by atoms with Crippen LogP contribution < -0.4 is 5.32 Å². The molecule has 3 heterocycles. The van der Waals surface area contributed by atoms with Crippen LogP contribution in [0, 0.1) is 10.1 Å². The van der Waals surface area contributed by atoms with Gasteiger partial charge in [0.15, 0.2) is 0 Å². The van der Waals surface area contributed by atoms with E-state index in [1.807, 2.05) is 0 Å². The number of hydrogen-bond donors (Lipinski definition) is 1. The Hall–Kier alpha value is -4.08. The van der Waals surface area contributed by atoms with Gasteiger partial charge in [0.1, 0.15) is 5.69 Å². The third-order valence-corrected chi connectivity index (χ3v) is 5.24. The van der Waals surface area contributed by atoms with Gasteiger partial charge in [0.2, 0.25) is 0 Å². The standard InChI is InChI=1S/C21H20N6O4/c28-20(16-2-1-7-22-13-16)24-17-5-9-25(10-6-17)21(29)15-3-4-18(19(12-15)27(30)31)26-11-8-23-14-26/h1-4,7-8,11-14,17H,5-6,9-10H2,(H,24,28). The minimum Gasteiger partial charge on any atom is -0.349 e. The van der Waals surface area contributed by atoms with Crippen LogP contribution in [0.3, 0.4) is 0 Å². The van der Waals surface area contributed by atoms with Gasteiger partial charge in [-0.1, -0.05) is 0 Å². The van der Waals surface area contributed by atoms with Crippen molar-refractivity contribution in [2.75, 3.05) is 13.1 Å². The van der Waals surface area contributed by atoms with Gasteiger partial charge >= 0.3 is 0 Å². The second-order valence-electron chi connectivity index (χ2n) is 7.21. The van der Waals surface area contributed by atoms with Crippen molar-refractivity contribution in [2.24, 2.45) is 0 Å². The highest BCUT2D eigenvalue weighted by molar-refractivity contribution is 5.96. The number of nitrogens with one attached hydrogen (secondary N) is 1. The number of benzene rings is 1. The smallest absolute Gasteiger partial charge is 0.294 e. The summed E-state index contributed by atoms with van der Waals surface area (Å²) in [5.74, 6) is -0.457. The predicted molar refractivity (Wildman–Crippen MR) is 111 cm³/mol. The van der Waals surface area contributed by atoms with Crippen molar-refractivity contribution < 1.29 is 14.5 Å². The summed E-state index contributed by atoms with van der Waals surface area (Å²) in [5, 5.41) is 14.5. The van der Waals surface area contributed by atoms with E-state index in [0.29, 0.717) is 37.2 Å². The van der Waals surface area contributed by atoms with E-state index in [2.05, 4.69) is 15.3 Å². The first kappa shape index (κ1) is 20.2. The zero-order valence-corrected chi connectivity index (χ0v) is 16.5. The first-order chi connectivity index (χ1) is 15.0. The van der Waals surface area contributed by atoms with E-state index in [4.69, 9.17) is 0 Å². The van der Waals surface area contributed by atoms with Crippen LogP contribution in [-0.2, 0) is 0 Å². The number of piperidine rings is 1. The molecule has 1 saturated heterocycles. The van der Waals surface area contributed by atoms with Gasteiger partial charge in [-0.25, -0.2) is 4.98 Å². The fraction of sp³-hybridized carbons (Fsp3) is 0.238. The maximum atomic E-state index is 12.9. The van der Waals surface area contributed by atoms with Crippen LogP contribution in [0.5, 0.6) is 0 Å². The monoisotopic (exact) mass is 420 g/mol. The number of likely N-dealkylation sites (tertiary alicyclic amines) is 1. The van der Waals surface area contributed by atoms with Gasteiger partial charge in [0.25, 0.3) is 17.5 Å². The first-order valence-electron chi connectivity index (χ1n) is 9.80. The molecule has 158 valence electrons. The molecule has 0 radical (unpaired) electrons. The van der Waals surface area contributed by atoms with Crippen LogP contribution in [0.4, 0.5) is 5.69 Å². The Kier molecular flexibility index (Phi) is 5.69. The molecule has 1 aromatic carbocycles. The van der Waals surface area contributed by atoms with Crippen molar-refractivity contribution in [1.29, 1.82) is 0 Å². The second-order valence-corrected chi connectivity index (χ2v) is 7.21. The summed E-state index contributed by atoms with van der Waals surface area (Å²) in [4.78, 5) is 45.7. The summed E-state index contributed by atoms with van der Waals surface area (Å²) in [6.45, 7) is 0.905. The minimum absolute atomic E-state index is 0.0466. The number of imidazole rings is 1. The molecule has 31 heavy (non-hydrogen) atoms. The lowest BCUT2D eigenvalue weighted by molar-refractivity contribution is -0.384. The molecule has 1 aliphatic heterocycles. The van der Waals surface area contributed by atoms with Crippen LogP contribution in [0.2, 0.25) is 0 Å². The van der Waals surface area contributed by atoms with E-state index < -0.39 is 4.92 Å². The van der Waals surface area contributed by atoms with E-state index in [0.717, 1.165) is 0 Å². The highest BCUT2D eigenvalue weighted by Crippen LogP contribution is 2.25. The molecule has 0 atom stereocenters. The van der Waals surface area contributed by atoms with Crippen LogP contribution in [0.1, 0.15) is 33.6 Å². The number of hydrogen-bond acceptors (Lipinski definition) is 6. The lowest BCUT2D eigenvalue weighted by atomic mass is 10.0. The van der Waals surface area contributed by atoms with Gasteiger partial charge in [-0.05, 0) is 37.1 Å². The number of amides is 2. The molecule has 0 bridgehead atoms. The first-order valence-corrected chi connectivity index (χ1v) is 9.80. The van der Waals surface area contributed by atoms with E-state index in [1.54, 1.807) is 41.6 Å². The quantitative estimate of drug-likeness (QED) is 0.499. The Morgan fingerprint density at radius 2 is 1.90 bits per heavy atom. The van der Waals surface area contributed by atoms with E-state index in [9.17, 15) is 19.7 Å². The van der Waals surface area contributed by atoms with Gasteiger partial charge in [-0.15, -0.1) is 0 Å². The van der Waals surface area contributed by atoms with Gasteiger partial charge < -0.3 is 14.8 Å². The van der Waals surface area contributed by atoms with Crippen molar-refractivity contribution in [2.45, 2.75) is 18.9 Å². The molecule has 0 saturated carbocycles. The van der Waals surface area contributed by atoms with Gasteiger partial charge in [0.05, 0.1) is 16.8 Å². The molecule has 1 fully saturated rings. The van der Waals surface area contributed by atoms with Gasteiger partial charge in [-0.2, -0.15) is 0 Å². The predicted octanol–water partition coefficient (Wildman–Crippen LogP) is 2.21. The third-order valence-electron chi connectivity index (χ3n) is 5.24. The molecule has 0 aliphatic carbocycles. The van der Waals surface area contributed by atoms with Crippen LogP contribution in [0.25, 0.3) is 5.69 Å². The van der Waals surface area contributed by atoms with Crippen LogP contribution in [0.15, 0.2) is 61.4 Å². The fourth-order valence-corrected chi connectivity index (χ4v) is 3.60. The summed E-state index contributed by atoms with van der Waals surface area (Å²) < 4.78 is 1.53. The number of nitro benzene ring substituents is 1. The van der Waals surface area contributed by atoms with Crippen molar-refractivity contribution in [3.8, 4) is 5.69 Å². The van der Waals surface area contributed by atoms with Crippen LogP contribution >= 0.6 is 0 Å². The molecule has 2 amide bonds. The maximum Gasteiger partial charge on any atom is 0.294 e. The molecule has 1 N–H and O–H groups in total. The third kappa shape index (κ3) is 4.42. The Labute approximate surface area is 177 Å². The molecule has 2 aromatic heterocycles. The number of nitrogens with zero attached hydrogens (tertiary/aromatic N) is 5. The van der Waals surface area contributed by atoms with E-state index in [1.165, 1.54) is 29.4 Å². The zero-order chi connectivity index (χ0) is 21.8. The number of rotatable bonds is 5. The summed E-state index contributed by atoms with van der Waals surface area (Å²) >= 11 is 0. The molecular formula is C21H20N6O4. The summed E-state index contributed by atoms with van der Waals surface area (Å²) in [7, 11) is 0. The van der Waals surface area contributed by atoms with Gasteiger partial charge in [-0.3, -0.25) is 24.7 Å². The number of carbonyl (C=O) groups excluding carboxylic acids is 2. The zero-order valence-electron chi connectivity index (χ0n) is 16.5.